The molecule has 1 aromatic carbocycles. The van der Waals surface area contributed by atoms with E-state index < -0.39 is 6.03 Å². The zero-order valence-corrected chi connectivity index (χ0v) is 14.9. The second kappa shape index (κ2) is 7.94. The zero-order chi connectivity index (χ0) is 19.3. The Kier molecular flexibility index (Phi) is 5.71. The number of hydrogen-bond acceptors (Lipinski definition) is 5. The van der Waals surface area contributed by atoms with Gasteiger partial charge < -0.3 is 11.1 Å². The average molecular weight is 348 g/mol. The number of benzene rings is 1. The minimum Gasteiger partial charge on any atom is -0.398 e. The smallest absolute Gasteiger partial charge is 0.320 e. The number of aliphatic imine (C=N–C) groups is 1. The van der Waals surface area contributed by atoms with Crippen LogP contribution in [-0.2, 0) is 0 Å². The Bertz CT molecular complexity index is 982. The van der Waals surface area contributed by atoms with E-state index in [1.54, 1.807) is 24.5 Å². The molecule has 0 aliphatic heterocycles. The number of carbonyl (C=O) groups is 1. The number of urea groups is 1. The molecule has 2 amide bonds. The van der Waals surface area contributed by atoms with Gasteiger partial charge in [-0.25, -0.2) is 9.78 Å². The molecule has 0 unspecified atom stereocenters. The Morgan fingerprint density at radius 1 is 1.38 bits per heavy atom. The minimum absolute atomic E-state index is 0.332. The van der Waals surface area contributed by atoms with Crippen LogP contribution in [0.3, 0.4) is 0 Å². The molecule has 0 aliphatic carbocycles. The number of allylic oxidation sites excluding steroid dienone is 3. The third-order valence-electron chi connectivity index (χ3n) is 4.06. The molecule has 26 heavy (non-hydrogen) atoms. The van der Waals surface area contributed by atoms with Gasteiger partial charge in [-0.2, -0.15) is 5.26 Å². The van der Waals surface area contributed by atoms with Gasteiger partial charge >= 0.3 is 6.03 Å². The number of fused-ring (bicyclic) bond motifs is 1. The van der Waals surface area contributed by atoms with Crippen LogP contribution in [0, 0.1) is 11.3 Å². The lowest BCUT2D eigenvalue weighted by atomic mass is 9.92. The van der Waals surface area contributed by atoms with E-state index in [1.807, 2.05) is 19.9 Å². The zero-order valence-electron chi connectivity index (χ0n) is 14.9. The number of hydrogen-bond donors (Lipinski definition) is 3. The van der Waals surface area contributed by atoms with E-state index >= 15 is 0 Å². The first kappa shape index (κ1) is 18.7. The van der Waals surface area contributed by atoms with Crippen molar-refractivity contribution >= 4 is 40.6 Å². The molecule has 4 N–H and O–H groups in total. The normalized spacial score (nSPS) is 11.8. The number of nitrogens with two attached hydrogens (primary N) is 1. The first-order chi connectivity index (χ1) is 12.4. The standard InChI is InChI=1S/C19H20N6O/c1-11(5-6-22-3)12(2)13-7-17(21)16-10-24-18(25-19(26)23-4)8-14(16)15(13)9-20/h5-8,10H,3,21H2,1-2,4H3,(H2,23,24,25,26)/b6-5-,12-11+. The van der Waals surface area contributed by atoms with Crippen LogP contribution < -0.4 is 16.4 Å². The van der Waals surface area contributed by atoms with Crippen LogP contribution in [0.5, 0.6) is 0 Å². The molecule has 0 atom stereocenters. The summed E-state index contributed by atoms with van der Waals surface area (Å²) < 4.78 is 0. The lowest BCUT2D eigenvalue weighted by Gasteiger charge is -2.13. The number of amides is 2. The maximum Gasteiger partial charge on any atom is 0.320 e. The van der Waals surface area contributed by atoms with Gasteiger partial charge in [0.1, 0.15) is 11.9 Å². The summed E-state index contributed by atoms with van der Waals surface area (Å²) >= 11 is 0. The van der Waals surface area contributed by atoms with E-state index in [1.165, 1.54) is 7.05 Å². The van der Waals surface area contributed by atoms with E-state index in [4.69, 9.17) is 5.73 Å². The van der Waals surface area contributed by atoms with Crippen molar-refractivity contribution in [2.24, 2.45) is 4.99 Å². The Hall–Kier alpha value is -3.66. The first-order valence-electron chi connectivity index (χ1n) is 7.84. The molecular weight excluding hydrogens is 328 g/mol. The number of pyridine rings is 1. The molecule has 1 heterocycles. The van der Waals surface area contributed by atoms with Gasteiger partial charge in [-0.05, 0) is 55.5 Å². The lowest BCUT2D eigenvalue weighted by Crippen LogP contribution is -2.24. The largest absolute Gasteiger partial charge is 0.398 e. The number of anilines is 2. The summed E-state index contributed by atoms with van der Waals surface area (Å²) in [4.78, 5) is 19.4. The number of aromatic nitrogens is 1. The molecule has 0 fully saturated rings. The van der Waals surface area contributed by atoms with Crippen LogP contribution in [0.1, 0.15) is 25.0 Å². The van der Waals surface area contributed by atoms with Crippen molar-refractivity contribution in [2.45, 2.75) is 13.8 Å². The van der Waals surface area contributed by atoms with Crippen LogP contribution in [0.25, 0.3) is 16.3 Å². The van der Waals surface area contributed by atoms with Crippen molar-refractivity contribution in [3.63, 3.8) is 0 Å². The number of nitriles is 1. The number of carbonyl (C=O) groups excluding carboxylic acids is 1. The average Bonchev–Trinajstić information content (AvgIpc) is 2.65. The quantitative estimate of drug-likeness (QED) is 0.446. The van der Waals surface area contributed by atoms with Gasteiger partial charge in [-0.3, -0.25) is 10.3 Å². The minimum atomic E-state index is -0.395. The highest BCUT2D eigenvalue weighted by molar-refractivity contribution is 6.02. The fraction of sp³-hybridized carbons (Fsp3) is 0.158. The summed E-state index contributed by atoms with van der Waals surface area (Å²) in [6, 6.07) is 5.26. The molecule has 2 rings (SSSR count). The molecule has 0 saturated heterocycles. The van der Waals surface area contributed by atoms with Gasteiger partial charge in [0.2, 0.25) is 0 Å². The fourth-order valence-corrected chi connectivity index (χ4v) is 2.51. The molecule has 132 valence electrons. The number of nitrogens with one attached hydrogen (secondary N) is 2. The van der Waals surface area contributed by atoms with Crippen molar-refractivity contribution in [3.05, 3.63) is 47.3 Å². The van der Waals surface area contributed by atoms with Crippen molar-refractivity contribution in [2.75, 3.05) is 18.1 Å². The van der Waals surface area contributed by atoms with Gasteiger partial charge in [0.05, 0.1) is 5.56 Å². The molecule has 7 heteroatoms. The fourth-order valence-electron chi connectivity index (χ4n) is 2.51. The Morgan fingerprint density at radius 2 is 2.12 bits per heavy atom. The highest BCUT2D eigenvalue weighted by atomic mass is 16.2. The number of nitrogen functional groups attached to an aromatic ring is 1. The Labute approximate surface area is 151 Å². The molecule has 0 radical (unpaired) electrons. The predicted octanol–water partition coefficient (Wildman–Crippen LogP) is 3.45. The van der Waals surface area contributed by atoms with Gasteiger partial charge in [-0.15, -0.1) is 0 Å². The van der Waals surface area contributed by atoms with Gasteiger partial charge in [-0.1, -0.05) is 0 Å². The van der Waals surface area contributed by atoms with Gasteiger partial charge in [0.15, 0.2) is 0 Å². The third-order valence-corrected chi connectivity index (χ3v) is 4.06. The van der Waals surface area contributed by atoms with Gasteiger partial charge in [0.25, 0.3) is 0 Å². The van der Waals surface area contributed by atoms with Crippen molar-refractivity contribution in [3.8, 4) is 6.07 Å². The molecule has 7 nitrogen and oxygen atoms in total. The summed E-state index contributed by atoms with van der Waals surface area (Å²) in [6.07, 6.45) is 4.95. The lowest BCUT2D eigenvalue weighted by molar-refractivity contribution is 0.254. The Balaban J connectivity index is 2.73. The second-order valence-electron chi connectivity index (χ2n) is 5.63. The molecule has 2 aromatic rings. The molecule has 0 bridgehead atoms. The molecule has 0 spiro atoms. The monoisotopic (exact) mass is 348 g/mol. The van der Waals surface area contributed by atoms with Crippen molar-refractivity contribution in [1.29, 1.82) is 5.26 Å². The Morgan fingerprint density at radius 3 is 2.73 bits per heavy atom. The molecule has 0 saturated carbocycles. The van der Waals surface area contributed by atoms with Crippen LogP contribution in [-0.4, -0.2) is 24.8 Å². The van der Waals surface area contributed by atoms with Crippen LogP contribution >= 0.6 is 0 Å². The highest BCUT2D eigenvalue weighted by Crippen LogP contribution is 2.33. The molecular formula is C19H20N6O. The van der Waals surface area contributed by atoms with E-state index in [0.717, 1.165) is 16.7 Å². The van der Waals surface area contributed by atoms with Gasteiger partial charge in [0, 0.05) is 35.9 Å². The third kappa shape index (κ3) is 3.70. The van der Waals surface area contributed by atoms with Crippen LogP contribution in [0.15, 0.2) is 41.2 Å². The molecule has 0 aliphatic rings. The summed E-state index contributed by atoms with van der Waals surface area (Å²) in [5.41, 5.74) is 9.70. The van der Waals surface area contributed by atoms with Crippen LogP contribution in [0.4, 0.5) is 16.3 Å². The maximum atomic E-state index is 11.5. The molecule has 1 aromatic heterocycles. The van der Waals surface area contributed by atoms with E-state index in [9.17, 15) is 10.1 Å². The second-order valence-corrected chi connectivity index (χ2v) is 5.63. The van der Waals surface area contributed by atoms with E-state index in [0.29, 0.717) is 27.8 Å². The predicted molar refractivity (Wildman–Crippen MR) is 106 cm³/mol. The van der Waals surface area contributed by atoms with Crippen molar-refractivity contribution < 1.29 is 4.79 Å². The SMILES string of the molecule is C=N/C=C\C(C)=C(/C)c1cc(N)c2cnc(NC(=O)NC)cc2c1C#N. The first-order valence-corrected chi connectivity index (χ1v) is 7.84. The van der Waals surface area contributed by atoms with E-state index in [2.05, 4.69) is 33.4 Å². The number of rotatable bonds is 4. The summed E-state index contributed by atoms with van der Waals surface area (Å²) in [6.45, 7) is 7.25. The number of nitrogens with zero attached hydrogens (tertiary/aromatic N) is 3. The van der Waals surface area contributed by atoms with E-state index in [-0.39, 0.29) is 0 Å². The summed E-state index contributed by atoms with van der Waals surface area (Å²) in [7, 11) is 1.51. The van der Waals surface area contributed by atoms with Crippen LogP contribution in [0.2, 0.25) is 0 Å². The summed E-state index contributed by atoms with van der Waals surface area (Å²) in [5, 5.41) is 16.1. The highest BCUT2D eigenvalue weighted by Gasteiger charge is 2.14. The maximum absolute atomic E-state index is 11.5. The topological polar surface area (TPSA) is 116 Å². The summed E-state index contributed by atoms with van der Waals surface area (Å²) in [5.74, 6) is 0.332. The van der Waals surface area contributed by atoms with Crippen molar-refractivity contribution in [1.82, 2.24) is 10.3 Å².